The zero-order valence-electron chi connectivity index (χ0n) is 16.9. The summed E-state index contributed by atoms with van der Waals surface area (Å²) in [5.41, 5.74) is -4.07. The first-order valence-corrected chi connectivity index (χ1v) is 10.6. The van der Waals surface area contributed by atoms with E-state index in [2.05, 4.69) is 10.1 Å². The molecule has 1 aromatic carbocycles. The maximum atomic E-state index is 12.7. The molecule has 6 nitrogen and oxygen atoms in total. The third kappa shape index (κ3) is 5.29. The first kappa shape index (κ1) is 25.7. The molecule has 0 radical (unpaired) electrons. The van der Waals surface area contributed by atoms with Crippen molar-refractivity contribution in [3.8, 4) is 5.75 Å². The monoisotopic (exact) mass is 593 g/mol. The number of hydrogen-bond acceptors (Lipinski definition) is 6. The molecule has 3 atom stereocenters. The Hall–Kier alpha value is -1.87. The Kier molecular flexibility index (Phi) is 6.81. The molecule has 1 saturated heterocycles. The minimum absolute atomic E-state index is 0.00208. The number of carbonyl (C=O) groups excluding carboxylic acids is 2. The van der Waals surface area contributed by atoms with Crippen LogP contribution in [0, 0.1) is 5.92 Å². The fourth-order valence-corrected chi connectivity index (χ4v) is 3.61. The van der Waals surface area contributed by atoms with Gasteiger partial charge in [-0.3, -0.25) is 9.59 Å². The molecule has 0 aromatic heterocycles. The van der Waals surface area contributed by atoms with E-state index >= 15 is 0 Å². The number of carbonyl (C=O) groups is 2. The van der Waals surface area contributed by atoms with Crippen molar-refractivity contribution >= 4 is 40.6 Å². The van der Waals surface area contributed by atoms with Gasteiger partial charge in [-0.05, 0) is 36.6 Å². The lowest BCUT2D eigenvalue weighted by Crippen LogP contribution is -2.60. The van der Waals surface area contributed by atoms with Gasteiger partial charge in [-0.1, -0.05) is 40.8 Å². The summed E-state index contributed by atoms with van der Waals surface area (Å²) >= 11 is 2.00. The zero-order chi connectivity index (χ0) is 24.8. The number of esters is 2. The van der Waals surface area contributed by atoms with Crippen molar-refractivity contribution in [1.29, 1.82) is 0 Å². The largest absolute Gasteiger partial charge is 0.461 e. The van der Waals surface area contributed by atoms with E-state index in [0.29, 0.717) is 17.7 Å². The van der Waals surface area contributed by atoms with Gasteiger partial charge < -0.3 is 19.9 Å². The normalized spacial score (nSPS) is 22.2. The number of fused-ring (bicyclic) bond motifs is 1. The van der Waals surface area contributed by atoms with E-state index in [0.717, 1.165) is 0 Å². The Bertz CT molecular complexity index is 957. The molecule has 13 heteroatoms. The van der Waals surface area contributed by atoms with Crippen molar-refractivity contribution < 1.29 is 50.5 Å². The highest BCUT2D eigenvalue weighted by Crippen LogP contribution is 2.43. The van der Waals surface area contributed by atoms with Crippen LogP contribution in [-0.4, -0.2) is 57.6 Å². The molecule has 3 rings (SSSR count). The zero-order valence-corrected chi connectivity index (χ0v) is 19.0. The Morgan fingerprint density at radius 2 is 1.79 bits per heavy atom. The molecule has 0 spiro atoms. The molecule has 1 aromatic rings. The van der Waals surface area contributed by atoms with Gasteiger partial charge in [-0.2, -0.15) is 26.3 Å². The third-order valence-corrected chi connectivity index (χ3v) is 6.59. The van der Waals surface area contributed by atoms with Crippen LogP contribution in [0.1, 0.15) is 18.1 Å². The molecule has 1 aliphatic carbocycles. The average Bonchev–Trinajstić information content (AvgIpc) is 3.55. The Balaban J connectivity index is 1.65. The van der Waals surface area contributed by atoms with E-state index in [1.54, 1.807) is 6.92 Å². The molecule has 2 aliphatic rings. The standard InChI is InChI=1S/C20H18F6INO5/c1-17(27,14-8-28-14)16(30)33-13-5-4-10-6-12(3-2-11(10)7-13)15(29)32-9-18(31,19(21,22)23)20(24,25)26/h2-5,7,12,14,28,31H,6,8-9H2,1H3. The van der Waals surface area contributed by atoms with E-state index in [4.69, 9.17) is 9.84 Å². The molecule has 1 fully saturated rings. The first-order valence-electron chi connectivity index (χ1n) is 9.54. The van der Waals surface area contributed by atoms with Crippen LogP contribution in [0.4, 0.5) is 26.3 Å². The second kappa shape index (κ2) is 8.73. The Morgan fingerprint density at radius 3 is 2.33 bits per heavy atom. The molecular weight excluding hydrogens is 575 g/mol. The summed E-state index contributed by atoms with van der Waals surface area (Å²) in [7, 11) is 0. The first-order chi connectivity index (χ1) is 15.1. The fourth-order valence-electron chi connectivity index (χ4n) is 3.06. The van der Waals surface area contributed by atoms with Crippen LogP contribution in [0.25, 0.3) is 6.08 Å². The van der Waals surface area contributed by atoms with E-state index in [9.17, 15) is 35.9 Å². The van der Waals surface area contributed by atoms with Crippen molar-refractivity contribution in [3.05, 3.63) is 35.4 Å². The van der Waals surface area contributed by atoms with E-state index < -0.39 is 45.8 Å². The maximum Gasteiger partial charge on any atom is 0.429 e. The number of ether oxygens (including phenoxy) is 2. The second-order valence-electron chi connectivity index (χ2n) is 7.92. The highest BCUT2D eigenvalue weighted by molar-refractivity contribution is 14.1. The average molecular weight is 593 g/mol. The lowest BCUT2D eigenvalue weighted by molar-refractivity contribution is -0.375. The topological polar surface area (TPSA) is 94.8 Å². The van der Waals surface area contributed by atoms with Gasteiger partial charge in [0.05, 0.1) is 5.92 Å². The molecule has 33 heavy (non-hydrogen) atoms. The van der Waals surface area contributed by atoms with Crippen LogP contribution in [-0.2, 0) is 20.7 Å². The van der Waals surface area contributed by atoms with Gasteiger partial charge in [0.25, 0.3) is 5.60 Å². The van der Waals surface area contributed by atoms with Gasteiger partial charge in [0, 0.05) is 12.6 Å². The molecule has 1 aliphatic heterocycles. The van der Waals surface area contributed by atoms with E-state index in [-0.39, 0.29) is 18.2 Å². The summed E-state index contributed by atoms with van der Waals surface area (Å²) in [5, 5.41) is 12.1. The number of aliphatic hydroxyl groups is 1. The number of hydrogen-bond donors (Lipinski definition) is 2. The van der Waals surface area contributed by atoms with Gasteiger partial charge in [0.15, 0.2) is 0 Å². The van der Waals surface area contributed by atoms with Crippen molar-refractivity contribution in [1.82, 2.24) is 5.32 Å². The molecule has 1 heterocycles. The Labute approximate surface area is 197 Å². The van der Waals surface area contributed by atoms with Crippen LogP contribution >= 0.6 is 22.6 Å². The van der Waals surface area contributed by atoms with Crippen LogP contribution in [0.3, 0.4) is 0 Å². The van der Waals surface area contributed by atoms with Gasteiger partial charge in [0.2, 0.25) is 0 Å². The van der Waals surface area contributed by atoms with Crippen molar-refractivity contribution in [2.75, 3.05) is 13.2 Å². The van der Waals surface area contributed by atoms with E-state index in [1.165, 1.54) is 30.4 Å². The summed E-state index contributed by atoms with van der Waals surface area (Å²) in [6.45, 7) is 0.117. The molecule has 0 amide bonds. The molecule has 182 valence electrons. The third-order valence-electron chi connectivity index (χ3n) is 5.40. The number of halogens is 7. The highest BCUT2D eigenvalue weighted by Gasteiger charge is 2.71. The molecule has 3 unspecified atom stereocenters. The quantitative estimate of drug-likeness (QED) is 0.131. The predicted octanol–water partition coefficient (Wildman–Crippen LogP) is 3.34. The SMILES string of the molecule is CC(I)(C(=O)Oc1ccc2c(c1)C=CC(C(=O)OCC(O)(C(F)(F)F)C(F)(F)F)C2)C1CN1. The fraction of sp³-hybridized carbons (Fsp3) is 0.500. The lowest BCUT2D eigenvalue weighted by atomic mass is 9.89. The van der Waals surface area contributed by atoms with Crippen molar-refractivity contribution in [3.63, 3.8) is 0 Å². The molecule has 2 N–H and O–H groups in total. The number of benzene rings is 1. The Morgan fingerprint density at radius 1 is 1.18 bits per heavy atom. The van der Waals surface area contributed by atoms with Gasteiger partial charge in [0.1, 0.15) is 15.8 Å². The summed E-state index contributed by atoms with van der Waals surface area (Å²) < 4.78 is 85.2. The van der Waals surface area contributed by atoms with Crippen molar-refractivity contribution in [2.45, 2.75) is 40.8 Å². The van der Waals surface area contributed by atoms with Gasteiger partial charge in [-0.25, -0.2) is 0 Å². The lowest BCUT2D eigenvalue weighted by Gasteiger charge is -2.32. The number of alkyl halides is 7. The molecule has 0 saturated carbocycles. The van der Waals surface area contributed by atoms with Crippen LogP contribution in [0.5, 0.6) is 5.75 Å². The van der Waals surface area contributed by atoms with Crippen molar-refractivity contribution in [2.24, 2.45) is 5.92 Å². The number of rotatable bonds is 6. The number of nitrogens with one attached hydrogen (secondary N) is 1. The molecular formula is C20H18F6INO5. The summed E-state index contributed by atoms with van der Waals surface area (Å²) in [6.07, 6.45) is -9.55. The second-order valence-corrected chi connectivity index (χ2v) is 10.2. The minimum atomic E-state index is -6.09. The van der Waals surface area contributed by atoms with E-state index in [1.807, 2.05) is 22.6 Å². The summed E-state index contributed by atoms with van der Waals surface area (Å²) in [5.74, 6) is -2.72. The maximum absolute atomic E-state index is 12.7. The van der Waals surface area contributed by atoms with Crippen LogP contribution < -0.4 is 10.1 Å². The predicted molar refractivity (Wildman–Crippen MR) is 111 cm³/mol. The van der Waals surface area contributed by atoms with Gasteiger partial charge in [-0.15, -0.1) is 0 Å². The summed E-state index contributed by atoms with van der Waals surface area (Å²) in [6, 6.07) is 4.53. The highest BCUT2D eigenvalue weighted by atomic mass is 127. The van der Waals surface area contributed by atoms with Crippen LogP contribution in [0.2, 0.25) is 0 Å². The van der Waals surface area contributed by atoms with Gasteiger partial charge >= 0.3 is 24.3 Å². The van der Waals surface area contributed by atoms with Crippen LogP contribution in [0.15, 0.2) is 24.3 Å². The minimum Gasteiger partial charge on any atom is -0.461 e. The molecule has 0 bridgehead atoms. The smallest absolute Gasteiger partial charge is 0.429 e. The summed E-state index contributed by atoms with van der Waals surface area (Å²) in [4.78, 5) is 24.5.